The molecule has 25 heavy (non-hydrogen) atoms. The quantitative estimate of drug-likeness (QED) is 0.788. The number of nitrogens with zero attached hydrogens (tertiary/aromatic N) is 2. The number of benzene rings is 1. The van der Waals surface area contributed by atoms with E-state index in [-0.39, 0.29) is 17.4 Å². The van der Waals surface area contributed by atoms with E-state index in [0.717, 1.165) is 5.56 Å². The summed E-state index contributed by atoms with van der Waals surface area (Å²) in [6.45, 7) is 4.98. The Kier molecular flexibility index (Phi) is 4.28. The van der Waals surface area contributed by atoms with Crippen molar-refractivity contribution in [2.24, 2.45) is 5.92 Å². The lowest BCUT2D eigenvalue weighted by Gasteiger charge is -2.52. The molecule has 0 radical (unpaired) electrons. The minimum Gasteiger partial charge on any atom is -0.377 e. The molecule has 1 spiro atoms. The molecule has 5 nitrogen and oxygen atoms in total. The average Bonchev–Trinajstić information content (AvgIpc) is 3.41. The fraction of sp³-hybridized carbons (Fsp3) is 0.600. The van der Waals surface area contributed by atoms with Crippen LogP contribution in [-0.4, -0.2) is 53.5 Å². The van der Waals surface area contributed by atoms with Gasteiger partial charge in [-0.05, 0) is 31.2 Å². The SMILES string of the molecule is Cc1ccc(CN2C(=O)CC23COCCN(C(=O)CC2CC2)C3)cc1. The van der Waals surface area contributed by atoms with Crippen LogP contribution >= 0.6 is 0 Å². The average molecular weight is 342 g/mol. The van der Waals surface area contributed by atoms with E-state index in [1.165, 1.54) is 18.4 Å². The Bertz CT molecular complexity index is 668. The van der Waals surface area contributed by atoms with Gasteiger partial charge in [-0.15, -0.1) is 0 Å². The van der Waals surface area contributed by atoms with Gasteiger partial charge in [-0.2, -0.15) is 0 Å². The molecule has 4 rings (SSSR count). The standard InChI is InChI=1S/C20H26N2O3/c1-15-2-4-17(5-3-15)12-22-19(24)11-20(22)13-21(8-9-25-14-20)18(23)10-16-6-7-16/h2-5,16H,6-14H2,1H3. The van der Waals surface area contributed by atoms with Crippen LogP contribution < -0.4 is 0 Å². The number of aryl methyl sites for hydroxylation is 1. The summed E-state index contributed by atoms with van der Waals surface area (Å²) in [5.74, 6) is 0.960. The van der Waals surface area contributed by atoms with Crippen LogP contribution in [0.4, 0.5) is 0 Å². The number of ether oxygens (including phenoxy) is 1. The van der Waals surface area contributed by atoms with Crippen LogP contribution in [0.1, 0.15) is 36.8 Å². The second-order valence-electron chi connectivity index (χ2n) is 7.88. The number of rotatable bonds is 4. The Hall–Kier alpha value is -1.88. The van der Waals surface area contributed by atoms with Crippen molar-refractivity contribution in [3.8, 4) is 0 Å². The van der Waals surface area contributed by atoms with Crippen LogP contribution in [0.2, 0.25) is 0 Å². The lowest BCUT2D eigenvalue weighted by atomic mass is 9.83. The molecule has 1 saturated carbocycles. The number of likely N-dealkylation sites (tertiary alicyclic amines) is 1. The summed E-state index contributed by atoms with van der Waals surface area (Å²) in [6.07, 6.45) is 3.49. The van der Waals surface area contributed by atoms with Crippen molar-refractivity contribution in [3.63, 3.8) is 0 Å². The van der Waals surface area contributed by atoms with Crippen molar-refractivity contribution in [2.45, 2.75) is 44.7 Å². The molecule has 3 fully saturated rings. The molecule has 1 aromatic rings. The molecule has 0 bridgehead atoms. The third-order valence-corrected chi connectivity index (χ3v) is 5.69. The maximum atomic E-state index is 12.6. The van der Waals surface area contributed by atoms with Gasteiger partial charge >= 0.3 is 0 Å². The van der Waals surface area contributed by atoms with Gasteiger partial charge in [0, 0.05) is 26.1 Å². The second kappa shape index (κ2) is 6.45. The largest absolute Gasteiger partial charge is 0.377 e. The Morgan fingerprint density at radius 1 is 1.28 bits per heavy atom. The topological polar surface area (TPSA) is 49.9 Å². The van der Waals surface area contributed by atoms with E-state index in [1.54, 1.807) is 0 Å². The van der Waals surface area contributed by atoms with E-state index < -0.39 is 0 Å². The summed E-state index contributed by atoms with van der Waals surface area (Å²) >= 11 is 0. The molecule has 3 aliphatic rings. The molecule has 0 N–H and O–H groups in total. The van der Waals surface area contributed by atoms with Gasteiger partial charge in [0.15, 0.2) is 0 Å². The Morgan fingerprint density at radius 2 is 2.04 bits per heavy atom. The molecular formula is C20H26N2O3. The smallest absolute Gasteiger partial charge is 0.226 e. The molecule has 2 aliphatic heterocycles. The molecule has 1 unspecified atom stereocenters. The fourth-order valence-corrected chi connectivity index (χ4v) is 3.88. The molecule has 1 atom stereocenters. The van der Waals surface area contributed by atoms with Crippen LogP contribution in [0.25, 0.3) is 0 Å². The van der Waals surface area contributed by atoms with Gasteiger partial charge in [0.2, 0.25) is 11.8 Å². The fourth-order valence-electron chi connectivity index (χ4n) is 3.88. The summed E-state index contributed by atoms with van der Waals surface area (Å²) in [5, 5.41) is 0. The van der Waals surface area contributed by atoms with E-state index in [0.29, 0.717) is 51.6 Å². The molecular weight excluding hydrogens is 316 g/mol. The van der Waals surface area contributed by atoms with E-state index in [9.17, 15) is 9.59 Å². The third kappa shape index (κ3) is 3.43. The van der Waals surface area contributed by atoms with Crippen molar-refractivity contribution in [1.82, 2.24) is 9.80 Å². The van der Waals surface area contributed by atoms with Gasteiger partial charge in [-0.25, -0.2) is 0 Å². The first-order chi connectivity index (χ1) is 12.1. The van der Waals surface area contributed by atoms with Gasteiger partial charge in [-0.3, -0.25) is 9.59 Å². The van der Waals surface area contributed by atoms with Crippen LogP contribution in [0.5, 0.6) is 0 Å². The number of β-lactam (4-membered cyclic amide) rings is 1. The third-order valence-electron chi connectivity index (χ3n) is 5.69. The number of carbonyl (C=O) groups is 2. The zero-order chi connectivity index (χ0) is 17.4. The summed E-state index contributed by atoms with van der Waals surface area (Å²) in [7, 11) is 0. The molecule has 2 amide bonds. The Morgan fingerprint density at radius 3 is 2.72 bits per heavy atom. The van der Waals surface area contributed by atoms with E-state index in [2.05, 4.69) is 31.2 Å². The van der Waals surface area contributed by atoms with Crippen molar-refractivity contribution < 1.29 is 14.3 Å². The van der Waals surface area contributed by atoms with Crippen molar-refractivity contribution >= 4 is 11.8 Å². The maximum absolute atomic E-state index is 12.6. The van der Waals surface area contributed by atoms with Crippen LogP contribution in [-0.2, 0) is 20.9 Å². The molecule has 2 heterocycles. The van der Waals surface area contributed by atoms with Crippen molar-refractivity contribution in [2.75, 3.05) is 26.3 Å². The highest BCUT2D eigenvalue weighted by Crippen LogP contribution is 2.37. The molecule has 2 saturated heterocycles. The van der Waals surface area contributed by atoms with E-state index in [4.69, 9.17) is 4.74 Å². The van der Waals surface area contributed by atoms with Crippen LogP contribution in [0.15, 0.2) is 24.3 Å². The van der Waals surface area contributed by atoms with Crippen LogP contribution in [0, 0.1) is 12.8 Å². The first kappa shape index (κ1) is 16.6. The predicted molar refractivity (Wildman–Crippen MR) is 93.8 cm³/mol. The number of carbonyl (C=O) groups excluding carboxylic acids is 2. The summed E-state index contributed by atoms with van der Waals surface area (Å²) in [4.78, 5) is 28.7. The monoisotopic (exact) mass is 342 g/mol. The minimum atomic E-state index is -0.350. The Labute approximate surface area is 148 Å². The number of hydrogen-bond acceptors (Lipinski definition) is 3. The molecule has 1 aromatic carbocycles. The molecule has 1 aliphatic carbocycles. The highest BCUT2D eigenvalue weighted by atomic mass is 16.5. The maximum Gasteiger partial charge on any atom is 0.226 e. The highest BCUT2D eigenvalue weighted by Gasteiger charge is 2.53. The second-order valence-corrected chi connectivity index (χ2v) is 7.88. The minimum absolute atomic E-state index is 0.153. The van der Waals surface area contributed by atoms with Crippen molar-refractivity contribution in [1.29, 1.82) is 0 Å². The molecule has 0 aromatic heterocycles. The first-order valence-corrected chi connectivity index (χ1v) is 9.27. The lowest BCUT2D eigenvalue weighted by Crippen LogP contribution is -2.69. The van der Waals surface area contributed by atoms with Gasteiger partial charge in [0.1, 0.15) is 0 Å². The van der Waals surface area contributed by atoms with Gasteiger partial charge in [-0.1, -0.05) is 29.8 Å². The number of hydrogen-bond donors (Lipinski definition) is 0. The van der Waals surface area contributed by atoms with E-state index >= 15 is 0 Å². The predicted octanol–water partition coefficient (Wildman–Crippen LogP) is 2.13. The number of amides is 2. The zero-order valence-corrected chi connectivity index (χ0v) is 14.9. The lowest BCUT2D eigenvalue weighted by molar-refractivity contribution is -0.166. The normalized spacial score (nSPS) is 26.5. The van der Waals surface area contributed by atoms with Gasteiger partial charge in [0.05, 0.1) is 25.2 Å². The van der Waals surface area contributed by atoms with Crippen LogP contribution in [0.3, 0.4) is 0 Å². The molecule has 134 valence electrons. The zero-order valence-electron chi connectivity index (χ0n) is 14.9. The summed E-state index contributed by atoms with van der Waals surface area (Å²) < 4.78 is 5.80. The highest BCUT2D eigenvalue weighted by molar-refractivity contribution is 5.86. The first-order valence-electron chi connectivity index (χ1n) is 9.27. The van der Waals surface area contributed by atoms with Crippen molar-refractivity contribution in [3.05, 3.63) is 35.4 Å². The Balaban J connectivity index is 1.48. The van der Waals surface area contributed by atoms with Gasteiger partial charge < -0.3 is 14.5 Å². The van der Waals surface area contributed by atoms with E-state index in [1.807, 2.05) is 9.80 Å². The summed E-state index contributed by atoms with van der Waals surface area (Å²) in [6, 6.07) is 8.28. The molecule has 5 heteroatoms. The summed E-state index contributed by atoms with van der Waals surface area (Å²) in [5.41, 5.74) is 1.98. The van der Waals surface area contributed by atoms with Gasteiger partial charge in [0.25, 0.3) is 0 Å².